The van der Waals surface area contributed by atoms with Crippen molar-refractivity contribution in [1.82, 2.24) is 9.66 Å². The van der Waals surface area contributed by atoms with Crippen molar-refractivity contribution >= 4 is 60.6 Å². The van der Waals surface area contributed by atoms with Crippen LogP contribution < -0.4 is 19.8 Å². The molecular formula is C26H20Br2ClN3O4. The number of ether oxygens (including phenoxy) is 3. The molecule has 2 heterocycles. The molecule has 5 rings (SSSR count). The van der Waals surface area contributed by atoms with Gasteiger partial charge in [0, 0.05) is 10.4 Å². The van der Waals surface area contributed by atoms with Gasteiger partial charge in [-0.25, -0.2) is 4.98 Å². The zero-order valence-electron chi connectivity index (χ0n) is 19.3. The SMILES string of the molecule is CC(C)c1nc2ccc(Br)cc2c(=O)n1N=Cc1cc(Cl)c(OCc2ccc3c(c2)OCO3)c(Br)c1. The first-order chi connectivity index (χ1) is 17.3. The summed E-state index contributed by atoms with van der Waals surface area (Å²) in [4.78, 5) is 17.9. The first kappa shape index (κ1) is 24.8. The van der Waals surface area contributed by atoms with Crippen molar-refractivity contribution in [2.45, 2.75) is 26.4 Å². The second-order valence-corrected chi connectivity index (χ2v) is 10.6. The normalized spacial score (nSPS) is 12.7. The molecule has 0 radical (unpaired) electrons. The summed E-state index contributed by atoms with van der Waals surface area (Å²) in [7, 11) is 0. The molecule has 184 valence electrons. The van der Waals surface area contributed by atoms with Crippen molar-refractivity contribution in [2.75, 3.05) is 6.79 Å². The zero-order chi connectivity index (χ0) is 25.4. The van der Waals surface area contributed by atoms with E-state index in [1.54, 1.807) is 18.3 Å². The van der Waals surface area contributed by atoms with Crippen molar-refractivity contribution in [2.24, 2.45) is 5.10 Å². The van der Waals surface area contributed by atoms with Crippen LogP contribution in [0.25, 0.3) is 10.9 Å². The van der Waals surface area contributed by atoms with E-state index in [1.165, 1.54) is 4.68 Å². The van der Waals surface area contributed by atoms with Crippen LogP contribution in [0.4, 0.5) is 0 Å². The molecule has 4 aromatic rings. The number of rotatable bonds is 6. The highest BCUT2D eigenvalue weighted by atomic mass is 79.9. The van der Waals surface area contributed by atoms with E-state index in [0.717, 1.165) is 15.8 Å². The summed E-state index contributed by atoms with van der Waals surface area (Å²) in [5.74, 6) is 2.48. The molecule has 7 nitrogen and oxygen atoms in total. The summed E-state index contributed by atoms with van der Waals surface area (Å²) in [6, 6.07) is 14.6. The average Bonchev–Trinajstić information content (AvgIpc) is 3.31. The Morgan fingerprint density at radius 3 is 2.72 bits per heavy atom. The summed E-state index contributed by atoms with van der Waals surface area (Å²) < 4.78 is 19.5. The van der Waals surface area contributed by atoms with Crippen LogP contribution in [0.2, 0.25) is 5.02 Å². The third kappa shape index (κ3) is 5.00. The fourth-order valence-electron chi connectivity index (χ4n) is 3.75. The van der Waals surface area contributed by atoms with Crippen molar-refractivity contribution in [3.8, 4) is 17.2 Å². The Labute approximate surface area is 228 Å². The van der Waals surface area contributed by atoms with Gasteiger partial charge in [0.25, 0.3) is 5.56 Å². The lowest BCUT2D eigenvalue weighted by molar-refractivity contribution is 0.174. The maximum atomic E-state index is 13.2. The highest BCUT2D eigenvalue weighted by Crippen LogP contribution is 2.36. The second kappa shape index (κ2) is 10.2. The Kier molecular flexibility index (Phi) is 7.05. The van der Waals surface area contributed by atoms with Crippen LogP contribution in [0.1, 0.15) is 36.7 Å². The smallest absolute Gasteiger partial charge is 0.282 e. The number of aromatic nitrogens is 2. The Morgan fingerprint density at radius 2 is 1.94 bits per heavy atom. The number of fused-ring (bicyclic) bond motifs is 2. The Morgan fingerprint density at radius 1 is 1.14 bits per heavy atom. The maximum Gasteiger partial charge on any atom is 0.282 e. The quantitative estimate of drug-likeness (QED) is 0.216. The van der Waals surface area contributed by atoms with Crippen molar-refractivity contribution in [3.63, 3.8) is 0 Å². The van der Waals surface area contributed by atoms with Gasteiger partial charge in [-0.15, -0.1) is 0 Å². The Bertz CT molecular complexity index is 1550. The largest absolute Gasteiger partial charge is 0.486 e. The van der Waals surface area contributed by atoms with E-state index in [4.69, 9.17) is 25.8 Å². The minimum atomic E-state index is -0.241. The molecule has 0 saturated heterocycles. The van der Waals surface area contributed by atoms with E-state index in [1.807, 2.05) is 50.2 Å². The molecule has 1 aromatic heterocycles. The van der Waals surface area contributed by atoms with Crippen LogP contribution in [0.15, 0.2) is 67.4 Å². The molecule has 36 heavy (non-hydrogen) atoms. The molecule has 10 heteroatoms. The van der Waals surface area contributed by atoms with Crippen molar-refractivity contribution in [1.29, 1.82) is 0 Å². The molecule has 0 atom stereocenters. The Balaban J connectivity index is 1.42. The fraction of sp³-hybridized carbons (Fsp3) is 0.192. The lowest BCUT2D eigenvalue weighted by atomic mass is 10.2. The van der Waals surface area contributed by atoms with Gasteiger partial charge in [0.2, 0.25) is 6.79 Å². The third-order valence-electron chi connectivity index (χ3n) is 5.51. The van der Waals surface area contributed by atoms with E-state index >= 15 is 0 Å². The summed E-state index contributed by atoms with van der Waals surface area (Å²) >= 11 is 13.5. The first-order valence-corrected chi connectivity index (χ1v) is 13.0. The van der Waals surface area contributed by atoms with Crippen LogP contribution in [-0.2, 0) is 6.61 Å². The highest BCUT2D eigenvalue weighted by Gasteiger charge is 2.16. The van der Waals surface area contributed by atoms with E-state index in [0.29, 0.717) is 49.9 Å². The van der Waals surface area contributed by atoms with Gasteiger partial charge >= 0.3 is 0 Å². The van der Waals surface area contributed by atoms with Crippen LogP contribution in [0.3, 0.4) is 0 Å². The van der Waals surface area contributed by atoms with Crippen molar-refractivity contribution in [3.05, 3.63) is 89.8 Å². The van der Waals surface area contributed by atoms with E-state index in [9.17, 15) is 4.79 Å². The molecule has 0 spiro atoms. The zero-order valence-corrected chi connectivity index (χ0v) is 23.2. The molecule has 0 bridgehead atoms. The molecule has 0 unspecified atom stereocenters. The minimum Gasteiger partial charge on any atom is -0.486 e. The molecule has 0 N–H and O–H groups in total. The van der Waals surface area contributed by atoms with Gasteiger partial charge in [-0.1, -0.05) is 47.4 Å². The van der Waals surface area contributed by atoms with Gasteiger partial charge in [0.1, 0.15) is 12.4 Å². The van der Waals surface area contributed by atoms with Crippen molar-refractivity contribution < 1.29 is 14.2 Å². The van der Waals surface area contributed by atoms with E-state index in [-0.39, 0.29) is 18.3 Å². The maximum absolute atomic E-state index is 13.2. The molecule has 0 amide bonds. The molecule has 1 aliphatic heterocycles. The van der Waals surface area contributed by atoms with Gasteiger partial charge < -0.3 is 14.2 Å². The highest BCUT2D eigenvalue weighted by molar-refractivity contribution is 9.10. The molecule has 3 aromatic carbocycles. The van der Waals surface area contributed by atoms with Gasteiger partial charge in [0.05, 0.1) is 26.6 Å². The number of hydrogen-bond acceptors (Lipinski definition) is 6. The van der Waals surface area contributed by atoms with Crippen LogP contribution in [0.5, 0.6) is 17.2 Å². The number of hydrogen-bond donors (Lipinski definition) is 0. The standard InChI is InChI=1S/C26H20Br2ClN3O4/c1-14(2)25-31-21-5-4-17(27)10-18(21)26(33)32(25)30-11-16-7-19(28)24(20(29)8-16)34-12-15-3-6-22-23(9-15)36-13-35-22/h3-11,14H,12-13H2,1-2H3. The van der Waals surface area contributed by atoms with Gasteiger partial charge in [-0.3, -0.25) is 4.79 Å². The van der Waals surface area contributed by atoms with Crippen LogP contribution >= 0.6 is 43.5 Å². The minimum absolute atomic E-state index is 0.00910. The molecule has 1 aliphatic rings. The predicted molar refractivity (Wildman–Crippen MR) is 147 cm³/mol. The summed E-state index contributed by atoms with van der Waals surface area (Å²) in [5.41, 5.74) is 2.00. The van der Waals surface area contributed by atoms with Gasteiger partial charge in [0.15, 0.2) is 17.2 Å². The number of benzene rings is 3. The number of halogens is 3. The molecule has 0 aliphatic carbocycles. The van der Waals surface area contributed by atoms with Gasteiger partial charge in [-0.2, -0.15) is 9.78 Å². The summed E-state index contributed by atoms with van der Waals surface area (Å²) in [6.07, 6.45) is 1.58. The summed E-state index contributed by atoms with van der Waals surface area (Å²) in [5, 5.41) is 5.36. The average molecular weight is 634 g/mol. The topological polar surface area (TPSA) is 74.9 Å². The first-order valence-electron chi connectivity index (χ1n) is 11.1. The molecule has 0 saturated carbocycles. The van der Waals surface area contributed by atoms with E-state index < -0.39 is 0 Å². The second-order valence-electron chi connectivity index (χ2n) is 8.44. The molecular weight excluding hydrogens is 614 g/mol. The third-order valence-corrected chi connectivity index (χ3v) is 6.88. The van der Waals surface area contributed by atoms with Crippen LogP contribution in [-0.4, -0.2) is 22.7 Å². The van der Waals surface area contributed by atoms with Gasteiger partial charge in [-0.05, 0) is 69.5 Å². The van der Waals surface area contributed by atoms with Crippen LogP contribution in [0, 0.1) is 0 Å². The lowest BCUT2D eigenvalue weighted by Crippen LogP contribution is -2.23. The fourth-order valence-corrected chi connectivity index (χ4v) is 5.10. The Hall–Kier alpha value is -2.88. The number of nitrogens with zero attached hydrogens (tertiary/aromatic N) is 3. The summed E-state index contributed by atoms with van der Waals surface area (Å²) in [6.45, 7) is 4.46. The monoisotopic (exact) mass is 631 g/mol. The predicted octanol–water partition coefficient (Wildman–Crippen LogP) is 6.89. The van der Waals surface area contributed by atoms with E-state index in [2.05, 4.69) is 41.9 Å². The lowest BCUT2D eigenvalue weighted by Gasteiger charge is -2.13. The molecule has 0 fully saturated rings.